The summed E-state index contributed by atoms with van der Waals surface area (Å²) in [7, 11) is -3.17. The van der Waals surface area contributed by atoms with Gasteiger partial charge in [0.05, 0.1) is 24.1 Å². The summed E-state index contributed by atoms with van der Waals surface area (Å²) in [5.41, 5.74) is 4.13. The molecule has 2 aromatic rings. The third-order valence-electron chi connectivity index (χ3n) is 5.49. The van der Waals surface area contributed by atoms with Crippen molar-refractivity contribution in [3.8, 4) is 0 Å². The molecule has 2 aromatic carbocycles. The molecule has 2 aliphatic heterocycles. The van der Waals surface area contributed by atoms with E-state index in [4.69, 9.17) is 0 Å². The molecule has 0 bridgehead atoms. The van der Waals surface area contributed by atoms with Gasteiger partial charge in [0.15, 0.2) is 9.84 Å². The molecule has 5 nitrogen and oxygen atoms in total. The summed E-state index contributed by atoms with van der Waals surface area (Å²) < 4.78 is 24.9. The van der Waals surface area contributed by atoms with Crippen molar-refractivity contribution in [2.45, 2.75) is 32.5 Å². The first-order chi connectivity index (χ1) is 12.8. The van der Waals surface area contributed by atoms with E-state index in [-0.39, 0.29) is 36.0 Å². The zero-order valence-corrected chi connectivity index (χ0v) is 16.4. The second kappa shape index (κ2) is 6.77. The molecule has 0 radical (unpaired) electrons. The molecule has 2 aliphatic rings. The maximum absolute atomic E-state index is 13.0. The van der Waals surface area contributed by atoms with Crippen LogP contribution in [0.25, 0.3) is 0 Å². The van der Waals surface area contributed by atoms with Crippen LogP contribution in [-0.4, -0.2) is 49.4 Å². The molecule has 2 fully saturated rings. The van der Waals surface area contributed by atoms with Gasteiger partial charge in [0.2, 0.25) is 5.91 Å². The van der Waals surface area contributed by atoms with E-state index in [1.807, 2.05) is 67.3 Å². The maximum atomic E-state index is 13.0. The molecule has 2 saturated heterocycles. The monoisotopic (exact) mass is 384 g/mol. The van der Waals surface area contributed by atoms with Gasteiger partial charge in [-0.15, -0.1) is 0 Å². The van der Waals surface area contributed by atoms with Crippen molar-refractivity contribution in [1.82, 2.24) is 4.90 Å². The average molecular weight is 385 g/mol. The molecule has 0 aromatic heterocycles. The Morgan fingerprint density at radius 3 is 2.37 bits per heavy atom. The van der Waals surface area contributed by atoms with Crippen LogP contribution in [-0.2, 0) is 21.2 Å². The van der Waals surface area contributed by atoms with Crippen molar-refractivity contribution in [2.75, 3.05) is 23.0 Å². The number of piperazine rings is 1. The molecule has 2 atom stereocenters. The Balaban J connectivity index is 1.66. The highest BCUT2D eigenvalue weighted by Crippen LogP contribution is 2.32. The van der Waals surface area contributed by atoms with Crippen LogP contribution in [0.4, 0.5) is 5.69 Å². The van der Waals surface area contributed by atoms with Crippen LogP contribution < -0.4 is 4.90 Å². The highest BCUT2D eigenvalue weighted by molar-refractivity contribution is 7.91. The van der Waals surface area contributed by atoms with E-state index in [2.05, 4.69) is 0 Å². The van der Waals surface area contributed by atoms with Gasteiger partial charge in [-0.2, -0.15) is 0 Å². The molecular formula is C21H24N2O3S. The highest BCUT2D eigenvalue weighted by Gasteiger charge is 2.49. The molecule has 0 N–H and O–H groups in total. The van der Waals surface area contributed by atoms with Crippen molar-refractivity contribution in [3.05, 3.63) is 65.2 Å². The SMILES string of the molecule is Cc1ccc(CN2CC(=O)N(c3cccc(C)c3)C3CS(=O)(=O)CC32)cc1. The quantitative estimate of drug-likeness (QED) is 0.815. The molecule has 27 heavy (non-hydrogen) atoms. The molecule has 4 rings (SSSR count). The highest BCUT2D eigenvalue weighted by atomic mass is 32.2. The Hall–Kier alpha value is -2.18. The zero-order chi connectivity index (χ0) is 19.2. The van der Waals surface area contributed by atoms with Crippen LogP contribution in [0, 0.1) is 13.8 Å². The molecule has 142 valence electrons. The Labute approximate surface area is 160 Å². The average Bonchev–Trinajstić information content (AvgIpc) is 2.92. The van der Waals surface area contributed by atoms with E-state index in [0.29, 0.717) is 6.54 Å². The van der Waals surface area contributed by atoms with Crippen molar-refractivity contribution >= 4 is 21.4 Å². The second-order valence-corrected chi connectivity index (χ2v) is 9.86. The van der Waals surface area contributed by atoms with Crippen LogP contribution in [0.15, 0.2) is 48.5 Å². The molecule has 6 heteroatoms. The summed E-state index contributed by atoms with van der Waals surface area (Å²) in [6.07, 6.45) is 0. The lowest BCUT2D eigenvalue weighted by atomic mass is 10.0. The number of benzene rings is 2. The van der Waals surface area contributed by atoms with E-state index >= 15 is 0 Å². The number of fused-ring (bicyclic) bond motifs is 1. The summed E-state index contributed by atoms with van der Waals surface area (Å²) in [5.74, 6) is 0.104. The Morgan fingerprint density at radius 1 is 0.963 bits per heavy atom. The molecule has 0 saturated carbocycles. The lowest BCUT2D eigenvalue weighted by molar-refractivity contribution is -0.123. The van der Waals surface area contributed by atoms with Gasteiger partial charge in [0.1, 0.15) is 0 Å². The maximum Gasteiger partial charge on any atom is 0.241 e. The minimum atomic E-state index is -3.17. The number of aryl methyl sites for hydroxylation is 2. The first-order valence-corrected chi connectivity index (χ1v) is 11.0. The number of sulfone groups is 1. The third-order valence-corrected chi connectivity index (χ3v) is 7.19. The minimum absolute atomic E-state index is 0.0295. The van der Waals surface area contributed by atoms with E-state index in [9.17, 15) is 13.2 Å². The fraction of sp³-hybridized carbons (Fsp3) is 0.381. The minimum Gasteiger partial charge on any atom is -0.306 e. The first kappa shape index (κ1) is 18.2. The van der Waals surface area contributed by atoms with Crippen molar-refractivity contribution < 1.29 is 13.2 Å². The van der Waals surface area contributed by atoms with Crippen molar-refractivity contribution in [1.29, 1.82) is 0 Å². The standard InChI is InChI=1S/C21H24N2O3S/c1-15-6-8-17(9-7-15)11-22-12-21(24)23(18-5-3-4-16(2)10-18)20-14-27(25,26)13-19(20)22/h3-10,19-20H,11-14H2,1-2H3. The van der Waals surface area contributed by atoms with Gasteiger partial charge >= 0.3 is 0 Å². The van der Waals surface area contributed by atoms with Gasteiger partial charge in [-0.1, -0.05) is 42.0 Å². The number of hydrogen-bond donors (Lipinski definition) is 0. The Morgan fingerprint density at radius 2 is 1.67 bits per heavy atom. The van der Waals surface area contributed by atoms with E-state index in [1.54, 1.807) is 4.90 Å². The van der Waals surface area contributed by atoms with Crippen LogP contribution in [0.1, 0.15) is 16.7 Å². The smallest absolute Gasteiger partial charge is 0.241 e. The Kier molecular flexibility index (Phi) is 4.56. The van der Waals surface area contributed by atoms with Gasteiger partial charge in [-0.3, -0.25) is 9.69 Å². The number of anilines is 1. The first-order valence-electron chi connectivity index (χ1n) is 9.21. The third kappa shape index (κ3) is 3.64. The van der Waals surface area contributed by atoms with Crippen LogP contribution in [0.5, 0.6) is 0 Å². The molecular weight excluding hydrogens is 360 g/mol. The predicted octanol–water partition coefficient (Wildman–Crippen LogP) is 2.32. The topological polar surface area (TPSA) is 57.7 Å². The summed E-state index contributed by atoms with van der Waals surface area (Å²) in [4.78, 5) is 16.8. The molecule has 1 amide bonds. The van der Waals surface area contributed by atoms with E-state index in [1.165, 1.54) is 5.56 Å². The number of carbonyl (C=O) groups excluding carboxylic acids is 1. The largest absolute Gasteiger partial charge is 0.306 e. The molecule has 0 aliphatic carbocycles. The molecule has 2 unspecified atom stereocenters. The van der Waals surface area contributed by atoms with Crippen LogP contribution in [0.2, 0.25) is 0 Å². The van der Waals surface area contributed by atoms with Gasteiger partial charge in [-0.05, 0) is 37.1 Å². The van der Waals surface area contributed by atoms with Crippen LogP contribution in [0.3, 0.4) is 0 Å². The van der Waals surface area contributed by atoms with E-state index < -0.39 is 9.84 Å². The fourth-order valence-corrected chi connectivity index (χ4v) is 6.15. The van der Waals surface area contributed by atoms with Crippen molar-refractivity contribution in [2.24, 2.45) is 0 Å². The Bertz CT molecular complexity index is 969. The number of amides is 1. The van der Waals surface area contributed by atoms with Gasteiger partial charge < -0.3 is 4.90 Å². The van der Waals surface area contributed by atoms with Gasteiger partial charge in [0, 0.05) is 18.3 Å². The van der Waals surface area contributed by atoms with Crippen molar-refractivity contribution in [3.63, 3.8) is 0 Å². The predicted molar refractivity (Wildman–Crippen MR) is 106 cm³/mol. The lowest BCUT2D eigenvalue weighted by Gasteiger charge is -2.43. The summed E-state index contributed by atoms with van der Waals surface area (Å²) >= 11 is 0. The summed E-state index contributed by atoms with van der Waals surface area (Å²) in [6, 6.07) is 15.4. The van der Waals surface area contributed by atoms with E-state index in [0.717, 1.165) is 16.8 Å². The van der Waals surface area contributed by atoms with Gasteiger partial charge in [-0.25, -0.2) is 8.42 Å². The zero-order valence-electron chi connectivity index (χ0n) is 15.6. The molecule has 2 heterocycles. The number of nitrogens with zero attached hydrogens (tertiary/aromatic N) is 2. The number of rotatable bonds is 3. The summed E-state index contributed by atoms with van der Waals surface area (Å²) in [5, 5.41) is 0. The normalized spacial score (nSPS) is 24.8. The fourth-order valence-electron chi connectivity index (χ4n) is 4.17. The number of hydrogen-bond acceptors (Lipinski definition) is 4. The summed E-state index contributed by atoms with van der Waals surface area (Å²) in [6.45, 7) is 4.83. The lowest BCUT2D eigenvalue weighted by Crippen LogP contribution is -2.61. The van der Waals surface area contributed by atoms with Crippen LogP contribution >= 0.6 is 0 Å². The number of carbonyl (C=O) groups is 1. The van der Waals surface area contributed by atoms with Gasteiger partial charge in [0.25, 0.3) is 0 Å². The molecule has 0 spiro atoms. The second-order valence-electron chi connectivity index (χ2n) is 7.70.